The van der Waals surface area contributed by atoms with Crippen LogP contribution in [0, 0.1) is 83.1 Å². The van der Waals surface area contributed by atoms with Gasteiger partial charge in [0.05, 0.1) is 0 Å². The molecule has 70 heavy (non-hydrogen) atoms. The lowest BCUT2D eigenvalue weighted by Crippen LogP contribution is -2.14. The molecule has 0 aliphatic heterocycles. The van der Waals surface area contributed by atoms with E-state index >= 15 is 0 Å². The first-order valence-corrected chi connectivity index (χ1v) is 24.5. The Hall–Kier alpha value is -7.82. The molecule has 9 aromatic rings. The first-order chi connectivity index (χ1) is 33.5. The lowest BCUT2D eigenvalue weighted by atomic mass is 10.1. The van der Waals surface area contributed by atoms with Gasteiger partial charge in [0.25, 0.3) is 0 Å². The summed E-state index contributed by atoms with van der Waals surface area (Å²) in [4.78, 5) is 9.55. The largest absolute Gasteiger partial charge is 0.310 e. The highest BCUT2D eigenvalue weighted by atomic mass is 15.2. The summed E-state index contributed by atoms with van der Waals surface area (Å²) in [5, 5.41) is 0. The summed E-state index contributed by atoms with van der Waals surface area (Å²) >= 11 is 0. The predicted octanol–water partition coefficient (Wildman–Crippen LogP) is 19.3. The second-order valence-corrected chi connectivity index (χ2v) is 20.0. The second kappa shape index (κ2) is 19.7. The summed E-state index contributed by atoms with van der Waals surface area (Å²) in [6.07, 6.45) is 0. The molecule has 0 bridgehead atoms. The first kappa shape index (κ1) is 47.3. The molecule has 0 heterocycles. The third-order valence-corrected chi connectivity index (χ3v) is 12.9. The van der Waals surface area contributed by atoms with Gasteiger partial charge < -0.3 is 19.6 Å². The average Bonchev–Trinajstić information content (AvgIpc) is 3.26. The van der Waals surface area contributed by atoms with Crippen molar-refractivity contribution < 1.29 is 0 Å². The van der Waals surface area contributed by atoms with Crippen molar-refractivity contribution >= 4 is 68.2 Å². The summed E-state index contributed by atoms with van der Waals surface area (Å²) in [5.41, 5.74) is 28.2. The Kier molecular flexibility index (Phi) is 13.3. The van der Waals surface area contributed by atoms with E-state index in [0.29, 0.717) is 0 Å². The summed E-state index contributed by atoms with van der Waals surface area (Å²) in [6.45, 7) is 26.2. The van der Waals surface area contributed by atoms with Crippen LogP contribution >= 0.6 is 0 Å². The minimum Gasteiger partial charge on any atom is -0.310 e. The van der Waals surface area contributed by atoms with Crippen molar-refractivity contribution in [1.29, 1.82) is 0 Å². The SMILES string of the molecule is Cc1cc(C)cc(N(c2ccc(N(c3ccc(N(c4cc(C)cc(C)c4)c4cc(C)cc(C)c4)cc3)c3ccc(N(c4cc(C)cc(C)c4)c4cc(C)cc(C)c4)cc3)cc2)c2cc(C)cc(C)c2)c1. The van der Waals surface area contributed by atoms with Crippen LogP contribution in [0.5, 0.6) is 0 Å². The molecule has 0 radical (unpaired) electrons. The van der Waals surface area contributed by atoms with Gasteiger partial charge in [0, 0.05) is 68.2 Å². The minimum absolute atomic E-state index is 1.06. The molecule has 9 aromatic carbocycles. The molecule has 0 saturated heterocycles. The third-order valence-electron chi connectivity index (χ3n) is 12.9. The van der Waals surface area contributed by atoms with Crippen LogP contribution in [-0.2, 0) is 0 Å². The molecule has 0 aliphatic carbocycles. The quantitative estimate of drug-likeness (QED) is 0.121. The Morgan fingerprint density at radius 3 is 0.357 bits per heavy atom. The Labute approximate surface area is 417 Å². The molecule has 0 atom stereocenters. The van der Waals surface area contributed by atoms with Crippen LogP contribution in [0.3, 0.4) is 0 Å². The van der Waals surface area contributed by atoms with Crippen LogP contribution < -0.4 is 19.6 Å². The Morgan fingerprint density at radius 2 is 0.243 bits per heavy atom. The monoisotopic (exact) mass is 915 g/mol. The number of benzene rings is 9. The van der Waals surface area contributed by atoms with Crippen LogP contribution in [0.2, 0.25) is 0 Å². The highest BCUT2D eigenvalue weighted by molar-refractivity contribution is 5.86. The highest BCUT2D eigenvalue weighted by Gasteiger charge is 2.21. The fourth-order valence-corrected chi connectivity index (χ4v) is 10.5. The van der Waals surface area contributed by atoms with E-state index < -0.39 is 0 Å². The standard InChI is InChI=1S/C66H66N4/c1-43-25-44(2)32-61(31-43)68(62-33-45(3)26-46(4)34-62)58-19-13-55(14-20-58)67(56-15-21-59(22-16-56)69(63-35-47(5)27-48(6)36-63)64-37-49(7)28-50(8)38-64)57-17-23-60(24-18-57)70(65-39-51(9)29-52(10)40-65)66-41-53(11)30-54(12)42-66/h13-42H,1-12H3. The molecule has 0 amide bonds. The summed E-state index contributed by atoms with van der Waals surface area (Å²) in [6, 6.07) is 68.1. The maximum absolute atomic E-state index is 2.39. The second-order valence-electron chi connectivity index (χ2n) is 20.0. The molecule has 4 nitrogen and oxygen atoms in total. The lowest BCUT2D eigenvalue weighted by molar-refractivity contribution is 1.21. The van der Waals surface area contributed by atoms with Gasteiger partial charge in [-0.2, -0.15) is 0 Å². The van der Waals surface area contributed by atoms with Crippen LogP contribution in [0.4, 0.5) is 68.2 Å². The molecule has 9 rings (SSSR count). The van der Waals surface area contributed by atoms with Gasteiger partial charge in [-0.15, -0.1) is 0 Å². The van der Waals surface area contributed by atoms with Crippen LogP contribution in [0.15, 0.2) is 182 Å². The van der Waals surface area contributed by atoms with Gasteiger partial charge in [0.15, 0.2) is 0 Å². The fourth-order valence-electron chi connectivity index (χ4n) is 10.5. The first-order valence-electron chi connectivity index (χ1n) is 24.5. The van der Waals surface area contributed by atoms with Crippen molar-refractivity contribution in [3.8, 4) is 0 Å². The number of hydrogen-bond acceptors (Lipinski definition) is 4. The van der Waals surface area contributed by atoms with E-state index in [-0.39, 0.29) is 0 Å². The van der Waals surface area contributed by atoms with Crippen LogP contribution in [-0.4, -0.2) is 0 Å². The summed E-state index contributed by atoms with van der Waals surface area (Å²) < 4.78 is 0. The van der Waals surface area contributed by atoms with E-state index in [4.69, 9.17) is 0 Å². The van der Waals surface area contributed by atoms with E-state index in [9.17, 15) is 0 Å². The predicted molar refractivity (Wildman–Crippen MR) is 302 cm³/mol. The van der Waals surface area contributed by atoms with Crippen molar-refractivity contribution in [3.63, 3.8) is 0 Å². The van der Waals surface area contributed by atoms with Gasteiger partial charge in [0.2, 0.25) is 0 Å². The number of nitrogens with zero attached hydrogens (tertiary/aromatic N) is 4. The minimum atomic E-state index is 1.06. The molecule has 0 aliphatic rings. The van der Waals surface area contributed by atoms with Gasteiger partial charge in [-0.3, -0.25) is 0 Å². The topological polar surface area (TPSA) is 13.0 Å². The molecular formula is C66H66N4. The van der Waals surface area contributed by atoms with E-state index in [2.05, 4.69) is 285 Å². The maximum atomic E-state index is 2.39. The van der Waals surface area contributed by atoms with Gasteiger partial charge >= 0.3 is 0 Å². The van der Waals surface area contributed by atoms with Crippen molar-refractivity contribution in [2.45, 2.75) is 83.1 Å². The lowest BCUT2D eigenvalue weighted by Gasteiger charge is -2.31. The van der Waals surface area contributed by atoms with Crippen LogP contribution in [0.25, 0.3) is 0 Å². The Morgan fingerprint density at radius 1 is 0.143 bits per heavy atom. The van der Waals surface area contributed by atoms with Gasteiger partial charge in [-0.25, -0.2) is 0 Å². The zero-order chi connectivity index (χ0) is 49.4. The molecule has 0 N–H and O–H groups in total. The van der Waals surface area contributed by atoms with Gasteiger partial charge in [-0.05, 0) is 295 Å². The summed E-state index contributed by atoms with van der Waals surface area (Å²) in [7, 11) is 0. The number of rotatable bonds is 12. The van der Waals surface area contributed by atoms with E-state index in [0.717, 1.165) is 68.2 Å². The van der Waals surface area contributed by atoms with Crippen molar-refractivity contribution in [2.24, 2.45) is 0 Å². The number of hydrogen-bond donors (Lipinski definition) is 0. The molecule has 0 spiro atoms. The Bertz CT molecular complexity index is 2710. The number of aryl methyl sites for hydroxylation is 12. The molecule has 4 heteroatoms. The van der Waals surface area contributed by atoms with E-state index in [1.807, 2.05) is 0 Å². The zero-order valence-corrected chi connectivity index (χ0v) is 43.1. The highest BCUT2D eigenvalue weighted by Crippen LogP contribution is 2.44. The molecule has 0 unspecified atom stereocenters. The normalized spacial score (nSPS) is 11.1. The van der Waals surface area contributed by atoms with Crippen molar-refractivity contribution in [2.75, 3.05) is 19.6 Å². The van der Waals surface area contributed by atoms with Gasteiger partial charge in [0.1, 0.15) is 0 Å². The van der Waals surface area contributed by atoms with Crippen molar-refractivity contribution in [3.05, 3.63) is 249 Å². The number of anilines is 12. The molecular weight excluding hydrogens is 849 g/mol. The summed E-state index contributed by atoms with van der Waals surface area (Å²) in [5.74, 6) is 0. The Balaban J connectivity index is 1.18. The molecule has 0 saturated carbocycles. The van der Waals surface area contributed by atoms with Gasteiger partial charge in [-0.1, -0.05) is 36.4 Å². The fraction of sp³-hybridized carbons (Fsp3) is 0.182. The smallest absolute Gasteiger partial charge is 0.0466 e. The molecule has 350 valence electrons. The molecule has 0 aromatic heterocycles. The van der Waals surface area contributed by atoms with Crippen LogP contribution in [0.1, 0.15) is 66.8 Å². The zero-order valence-electron chi connectivity index (χ0n) is 43.1. The molecule has 0 fully saturated rings. The maximum Gasteiger partial charge on any atom is 0.0466 e. The van der Waals surface area contributed by atoms with E-state index in [1.54, 1.807) is 0 Å². The average molecular weight is 915 g/mol. The van der Waals surface area contributed by atoms with E-state index in [1.165, 1.54) is 66.8 Å². The van der Waals surface area contributed by atoms with Crippen molar-refractivity contribution in [1.82, 2.24) is 0 Å². The third kappa shape index (κ3) is 10.4.